The summed E-state index contributed by atoms with van der Waals surface area (Å²) in [6.07, 6.45) is 7.55. The van der Waals surface area contributed by atoms with Crippen LogP contribution < -0.4 is 10.2 Å². The molecule has 2 amide bonds. The van der Waals surface area contributed by atoms with Crippen LogP contribution in [0.15, 0.2) is 35.0 Å². The van der Waals surface area contributed by atoms with Crippen molar-refractivity contribution < 1.29 is 9.21 Å². The maximum Gasteiger partial charge on any atom is 0.317 e. The van der Waals surface area contributed by atoms with Gasteiger partial charge in [-0.15, -0.1) is 0 Å². The number of hydrogen-bond donors (Lipinski definition) is 1. The van der Waals surface area contributed by atoms with Gasteiger partial charge in [0.1, 0.15) is 17.4 Å². The minimum atomic E-state index is 0.0723. The molecule has 1 aliphatic heterocycles. The van der Waals surface area contributed by atoms with E-state index in [9.17, 15) is 4.79 Å². The Morgan fingerprint density at radius 1 is 1.04 bits per heavy atom. The molecule has 0 atom stereocenters. The van der Waals surface area contributed by atoms with Crippen LogP contribution in [-0.4, -0.2) is 53.1 Å². The number of nitrogens with zero attached hydrogens (tertiary/aromatic N) is 4. The van der Waals surface area contributed by atoms with Gasteiger partial charge in [0.2, 0.25) is 0 Å². The lowest BCUT2D eigenvalue weighted by molar-refractivity contribution is 0.186. The number of benzene rings is 1. The molecule has 1 N–H and O–H groups in total. The molecule has 2 aliphatic rings. The van der Waals surface area contributed by atoms with Crippen molar-refractivity contribution in [3.63, 3.8) is 0 Å². The Morgan fingerprint density at radius 2 is 1.82 bits per heavy atom. The molecule has 2 aromatic heterocycles. The van der Waals surface area contributed by atoms with Crippen molar-refractivity contribution in [2.75, 3.05) is 31.1 Å². The zero-order valence-electron chi connectivity index (χ0n) is 15.9. The van der Waals surface area contributed by atoms with E-state index >= 15 is 0 Å². The van der Waals surface area contributed by atoms with E-state index in [1.165, 1.54) is 19.3 Å². The van der Waals surface area contributed by atoms with Crippen LogP contribution in [0.25, 0.3) is 22.1 Å². The van der Waals surface area contributed by atoms with Crippen LogP contribution in [0, 0.1) is 0 Å². The summed E-state index contributed by atoms with van der Waals surface area (Å²) in [5, 5.41) is 4.22. The predicted octanol–water partition coefficient (Wildman–Crippen LogP) is 3.54. The number of furan rings is 1. The second kappa shape index (κ2) is 7.30. The Hall–Kier alpha value is -2.83. The van der Waals surface area contributed by atoms with Crippen LogP contribution in [-0.2, 0) is 0 Å². The van der Waals surface area contributed by atoms with E-state index in [2.05, 4.69) is 20.2 Å². The summed E-state index contributed by atoms with van der Waals surface area (Å²) in [7, 11) is 0. The van der Waals surface area contributed by atoms with Gasteiger partial charge in [-0.1, -0.05) is 31.4 Å². The summed E-state index contributed by atoms with van der Waals surface area (Å²) in [5.74, 6) is 0.813. The molecule has 7 nitrogen and oxygen atoms in total. The molecule has 0 spiro atoms. The van der Waals surface area contributed by atoms with Crippen LogP contribution in [0.2, 0.25) is 0 Å². The first-order valence-corrected chi connectivity index (χ1v) is 10.2. The molecular weight excluding hydrogens is 354 g/mol. The minimum Gasteiger partial charge on any atom is -0.450 e. The first kappa shape index (κ1) is 17.3. The number of fused-ring (bicyclic) bond motifs is 3. The van der Waals surface area contributed by atoms with Gasteiger partial charge < -0.3 is 19.5 Å². The molecule has 0 radical (unpaired) electrons. The molecule has 1 aliphatic carbocycles. The predicted molar refractivity (Wildman–Crippen MR) is 109 cm³/mol. The number of para-hydroxylation sites is 1. The van der Waals surface area contributed by atoms with Crippen molar-refractivity contribution in [2.45, 2.75) is 38.1 Å². The van der Waals surface area contributed by atoms with Gasteiger partial charge in [-0.3, -0.25) is 0 Å². The monoisotopic (exact) mass is 379 g/mol. The summed E-state index contributed by atoms with van der Waals surface area (Å²) >= 11 is 0. The van der Waals surface area contributed by atoms with E-state index in [1.807, 2.05) is 29.2 Å². The fraction of sp³-hybridized carbons (Fsp3) is 0.476. The van der Waals surface area contributed by atoms with Crippen molar-refractivity contribution in [3.05, 3.63) is 30.6 Å². The number of aromatic nitrogens is 2. The summed E-state index contributed by atoms with van der Waals surface area (Å²) < 4.78 is 6.05. The maximum absolute atomic E-state index is 12.6. The molecule has 1 saturated carbocycles. The van der Waals surface area contributed by atoms with E-state index in [0.29, 0.717) is 19.1 Å². The van der Waals surface area contributed by atoms with Crippen molar-refractivity contribution in [3.8, 4) is 0 Å². The number of carbonyl (C=O) groups is 1. The zero-order valence-corrected chi connectivity index (χ0v) is 15.9. The molecule has 7 heteroatoms. The summed E-state index contributed by atoms with van der Waals surface area (Å²) in [5.41, 5.74) is 2.40. The largest absolute Gasteiger partial charge is 0.450 e. The average Bonchev–Trinajstić information content (AvgIpc) is 3.13. The Kier molecular flexibility index (Phi) is 4.50. The standard InChI is InChI=1S/C21H25N5O2/c27-21(24-15-6-2-1-3-7-15)26-12-10-25(11-13-26)20-19-18(22-14-23-20)16-8-4-5-9-17(16)28-19/h4-5,8-9,14-15H,1-3,6-7,10-13H2,(H,24,27). The van der Waals surface area contributed by atoms with Crippen molar-refractivity contribution in [1.29, 1.82) is 0 Å². The SMILES string of the molecule is O=C(NC1CCCCC1)N1CCN(c2ncnc3c2oc2ccccc23)CC1. The Bertz CT molecular complexity index is 987. The number of carbonyl (C=O) groups excluding carboxylic acids is 1. The molecule has 2 fully saturated rings. The van der Waals surface area contributed by atoms with Crippen molar-refractivity contribution in [2.24, 2.45) is 0 Å². The number of urea groups is 1. The molecule has 5 rings (SSSR count). The third-order valence-corrected chi connectivity index (χ3v) is 5.94. The molecule has 1 saturated heterocycles. The van der Waals surface area contributed by atoms with E-state index in [0.717, 1.165) is 53.8 Å². The van der Waals surface area contributed by atoms with Gasteiger partial charge in [-0.2, -0.15) is 0 Å². The first-order chi connectivity index (χ1) is 13.8. The quantitative estimate of drug-likeness (QED) is 0.737. The Labute approximate surface area is 163 Å². The maximum atomic E-state index is 12.6. The molecule has 0 bridgehead atoms. The summed E-state index contributed by atoms with van der Waals surface area (Å²) in [6, 6.07) is 8.34. The number of nitrogens with one attached hydrogen (secondary N) is 1. The van der Waals surface area contributed by atoms with Crippen LogP contribution in [0.3, 0.4) is 0 Å². The molecule has 1 aromatic carbocycles. The fourth-order valence-corrected chi connectivity index (χ4v) is 4.37. The van der Waals surface area contributed by atoms with Gasteiger partial charge in [-0.25, -0.2) is 14.8 Å². The number of hydrogen-bond acceptors (Lipinski definition) is 5. The normalized spacial score (nSPS) is 18.7. The Balaban J connectivity index is 1.29. The number of amides is 2. The third-order valence-electron chi connectivity index (χ3n) is 5.94. The van der Waals surface area contributed by atoms with E-state index in [4.69, 9.17) is 4.42 Å². The molecule has 146 valence electrons. The lowest BCUT2D eigenvalue weighted by atomic mass is 9.96. The third kappa shape index (κ3) is 3.15. The number of anilines is 1. The van der Waals surface area contributed by atoms with E-state index in [-0.39, 0.29) is 6.03 Å². The van der Waals surface area contributed by atoms with E-state index in [1.54, 1.807) is 6.33 Å². The average molecular weight is 379 g/mol. The highest BCUT2D eigenvalue weighted by Gasteiger charge is 2.26. The number of rotatable bonds is 2. The lowest BCUT2D eigenvalue weighted by Crippen LogP contribution is -2.53. The highest BCUT2D eigenvalue weighted by molar-refractivity contribution is 6.05. The first-order valence-electron chi connectivity index (χ1n) is 10.2. The second-order valence-corrected chi connectivity index (χ2v) is 7.73. The molecule has 3 heterocycles. The van der Waals surface area contributed by atoms with Gasteiger partial charge >= 0.3 is 6.03 Å². The molecule has 28 heavy (non-hydrogen) atoms. The van der Waals surface area contributed by atoms with Gasteiger partial charge in [-0.05, 0) is 25.0 Å². The lowest BCUT2D eigenvalue weighted by Gasteiger charge is -2.36. The van der Waals surface area contributed by atoms with E-state index < -0.39 is 0 Å². The van der Waals surface area contributed by atoms with Crippen molar-refractivity contribution in [1.82, 2.24) is 20.2 Å². The highest BCUT2D eigenvalue weighted by Crippen LogP contribution is 2.32. The van der Waals surface area contributed by atoms with Crippen molar-refractivity contribution >= 4 is 33.9 Å². The van der Waals surface area contributed by atoms with Crippen LogP contribution in [0.4, 0.5) is 10.6 Å². The summed E-state index contributed by atoms with van der Waals surface area (Å²) in [6.45, 7) is 2.84. The van der Waals surface area contributed by atoms with Crippen LogP contribution in [0.1, 0.15) is 32.1 Å². The van der Waals surface area contributed by atoms with Gasteiger partial charge in [0.15, 0.2) is 11.4 Å². The molecule has 3 aromatic rings. The highest BCUT2D eigenvalue weighted by atomic mass is 16.3. The molecular formula is C21H25N5O2. The summed E-state index contributed by atoms with van der Waals surface area (Å²) in [4.78, 5) is 25.6. The zero-order chi connectivity index (χ0) is 18.9. The smallest absolute Gasteiger partial charge is 0.317 e. The topological polar surface area (TPSA) is 74.5 Å². The van der Waals surface area contributed by atoms with Crippen LogP contribution in [0.5, 0.6) is 0 Å². The molecule has 0 unspecified atom stereocenters. The van der Waals surface area contributed by atoms with Crippen LogP contribution >= 0.6 is 0 Å². The van der Waals surface area contributed by atoms with Gasteiger partial charge in [0.25, 0.3) is 0 Å². The minimum absolute atomic E-state index is 0.0723. The van der Waals surface area contributed by atoms with Gasteiger partial charge in [0, 0.05) is 37.6 Å². The van der Waals surface area contributed by atoms with Gasteiger partial charge in [0.05, 0.1) is 0 Å². The fourth-order valence-electron chi connectivity index (χ4n) is 4.37. The number of piperazine rings is 1. The Morgan fingerprint density at radius 3 is 2.64 bits per heavy atom. The second-order valence-electron chi connectivity index (χ2n) is 7.73.